The van der Waals surface area contributed by atoms with Crippen LogP contribution in [0.1, 0.15) is 26.3 Å². The average Bonchev–Trinajstić information content (AvgIpc) is 2.71. The second-order valence-electron chi connectivity index (χ2n) is 7.32. The van der Waals surface area contributed by atoms with Gasteiger partial charge in [-0.1, -0.05) is 0 Å². The van der Waals surface area contributed by atoms with Gasteiger partial charge < -0.3 is 14.8 Å². The summed E-state index contributed by atoms with van der Waals surface area (Å²) in [5.74, 6) is -6.84. The number of nitrogens with zero attached hydrogens (tertiary/aromatic N) is 2. The Bertz CT molecular complexity index is 950. The van der Waals surface area contributed by atoms with Gasteiger partial charge in [-0.3, -0.25) is 4.79 Å². The van der Waals surface area contributed by atoms with Gasteiger partial charge in [-0.05, 0) is 26.8 Å². The van der Waals surface area contributed by atoms with Gasteiger partial charge >= 0.3 is 11.9 Å². The summed E-state index contributed by atoms with van der Waals surface area (Å²) in [6.07, 6.45) is 2.43. The molecular formula is C19H19F4N3O3. The van der Waals surface area contributed by atoms with E-state index in [-0.39, 0.29) is 17.1 Å². The predicted molar refractivity (Wildman–Crippen MR) is 94.4 cm³/mol. The maximum absolute atomic E-state index is 15.4. The van der Waals surface area contributed by atoms with E-state index in [0.29, 0.717) is 6.07 Å². The number of alkyl halides is 2. The molecule has 10 heteroatoms. The van der Waals surface area contributed by atoms with Crippen LogP contribution in [-0.2, 0) is 15.1 Å². The van der Waals surface area contributed by atoms with E-state index in [9.17, 15) is 13.6 Å². The zero-order valence-electron chi connectivity index (χ0n) is 16.1. The van der Waals surface area contributed by atoms with Crippen LogP contribution in [0, 0.1) is 11.6 Å². The van der Waals surface area contributed by atoms with Crippen molar-refractivity contribution in [3.63, 3.8) is 0 Å². The van der Waals surface area contributed by atoms with E-state index in [2.05, 4.69) is 15.3 Å². The Kier molecular flexibility index (Phi) is 5.02. The van der Waals surface area contributed by atoms with Crippen molar-refractivity contribution >= 4 is 5.91 Å². The van der Waals surface area contributed by atoms with Crippen molar-refractivity contribution in [3.05, 3.63) is 41.7 Å². The summed E-state index contributed by atoms with van der Waals surface area (Å²) in [5, 5.41) is 2.15. The third kappa shape index (κ3) is 3.31. The molecule has 3 rings (SSSR count). The molecule has 1 atom stereocenters. The van der Waals surface area contributed by atoms with E-state index in [1.54, 1.807) is 0 Å². The van der Waals surface area contributed by atoms with Gasteiger partial charge in [0.15, 0.2) is 0 Å². The van der Waals surface area contributed by atoms with Crippen LogP contribution in [0.25, 0.3) is 11.1 Å². The summed E-state index contributed by atoms with van der Waals surface area (Å²) in [4.78, 5) is 19.7. The van der Waals surface area contributed by atoms with Crippen LogP contribution in [0.5, 0.6) is 6.01 Å². The lowest BCUT2D eigenvalue weighted by Crippen LogP contribution is -2.62. The van der Waals surface area contributed by atoms with Gasteiger partial charge in [0.05, 0.1) is 7.11 Å². The molecule has 2 aromatic rings. The van der Waals surface area contributed by atoms with Crippen LogP contribution in [0.3, 0.4) is 0 Å². The van der Waals surface area contributed by atoms with Crippen molar-refractivity contribution < 1.29 is 31.8 Å². The number of carbonyl (C=O) groups is 1. The first-order valence-electron chi connectivity index (χ1n) is 8.61. The summed E-state index contributed by atoms with van der Waals surface area (Å²) in [6.45, 7) is 2.56. The number of amides is 1. The summed E-state index contributed by atoms with van der Waals surface area (Å²) < 4.78 is 69.9. The van der Waals surface area contributed by atoms with Crippen LogP contribution in [0.4, 0.5) is 17.6 Å². The Labute approximate surface area is 164 Å². The molecule has 0 spiro atoms. The second kappa shape index (κ2) is 6.94. The van der Waals surface area contributed by atoms with E-state index in [4.69, 9.17) is 9.47 Å². The molecule has 29 heavy (non-hydrogen) atoms. The van der Waals surface area contributed by atoms with Crippen LogP contribution < -0.4 is 10.1 Å². The van der Waals surface area contributed by atoms with Crippen LogP contribution >= 0.6 is 0 Å². The van der Waals surface area contributed by atoms with E-state index in [1.165, 1.54) is 19.5 Å². The molecule has 1 aromatic carbocycles. The number of benzene rings is 1. The standard InChI is InChI=1S/C19H19F4N3O3/c1-17(2)19(22,23)18(3,26-15(27)9-29-17)12-5-11(13(20)6-14(12)21)10-7-24-16(28-4)25-8-10/h5-8H,9H2,1-4H3,(H,26,27). The highest BCUT2D eigenvalue weighted by molar-refractivity contribution is 5.79. The van der Waals surface area contributed by atoms with Gasteiger partial charge in [-0.25, -0.2) is 27.5 Å². The number of aromatic nitrogens is 2. The van der Waals surface area contributed by atoms with E-state index in [1.807, 2.05) is 0 Å². The van der Waals surface area contributed by atoms with Crippen molar-refractivity contribution in [2.24, 2.45) is 0 Å². The van der Waals surface area contributed by atoms with Crippen molar-refractivity contribution in [2.45, 2.75) is 37.8 Å². The Morgan fingerprint density at radius 1 is 1.10 bits per heavy atom. The normalized spacial score (nSPS) is 23.2. The van der Waals surface area contributed by atoms with Crippen molar-refractivity contribution in [1.29, 1.82) is 0 Å². The fourth-order valence-electron chi connectivity index (χ4n) is 3.28. The summed E-state index contributed by atoms with van der Waals surface area (Å²) >= 11 is 0. The number of methoxy groups -OCH3 is 1. The highest BCUT2D eigenvalue weighted by Crippen LogP contribution is 2.48. The highest BCUT2D eigenvalue weighted by Gasteiger charge is 2.64. The summed E-state index contributed by atoms with van der Waals surface area (Å²) in [7, 11) is 1.34. The van der Waals surface area contributed by atoms with Crippen LogP contribution in [0.2, 0.25) is 0 Å². The van der Waals surface area contributed by atoms with Crippen LogP contribution in [-0.4, -0.2) is 41.1 Å². The smallest absolute Gasteiger partial charge is 0.316 e. The van der Waals surface area contributed by atoms with Crippen LogP contribution in [0.15, 0.2) is 24.5 Å². The first kappa shape index (κ1) is 21.0. The molecule has 0 bridgehead atoms. The fraction of sp³-hybridized carbons (Fsp3) is 0.421. The minimum absolute atomic E-state index is 0.0184. The Morgan fingerprint density at radius 2 is 1.72 bits per heavy atom. The highest BCUT2D eigenvalue weighted by atomic mass is 19.3. The van der Waals surface area contributed by atoms with Gasteiger partial charge in [0.25, 0.3) is 0 Å². The Balaban J connectivity index is 2.21. The minimum Gasteiger partial charge on any atom is -0.467 e. The molecule has 0 aliphatic carbocycles. The number of rotatable bonds is 3. The molecule has 0 saturated carbocycles. The minimum atomic E-state index is -3.75. The third-order valence-electron chi connectivity index (χ3n) is 5.05. The lowest BCUT2D eigenvalue weighted by molar-refractivity contribution is -0.216. The molecule has 1 saturated heterocycles. The summed E-state index contributed by atoms with van der Waals surface area (Å²) in [6, 6.07) is 1.43. The first-order chi connectivity index (χ1) is 13.4. The molecule has 1 N–H and O–H groups in total. The lowest BCUT2D eigenvalue weighted by atomic mass is 9.77. The molecule has 2 heterocycles. The van der Waals surface area contributed by atoms with Gasteiger partial charge in [-0.15, -0.1) is 0 Å². The molecule has 1 aromatic heterocycles. The number of hydrogen-bond donors (Lipinski definition) is 1. The van der Waals surface area contributed by atoms with E-state index >= 15 is 8.78 Å². The molecule has 1 fully saturated rings. The number of halogens is 4. The SMILES string of the molecule is COc1ncc(-c2cc(C3(C)NC(=O)COC(C)(C)C3(F)F)c(F)cc2F)cn1. The maximum atomic E-state index is 15.4. The van der Waals surface area contributed by atoms with Crippen molar-refractivity contribution in [3.8, 4) is 17.1 Å². The Morgan fingerprint density at radius 3 is 2.31 bits per heavy atom. The number of nitrogens with one attached hydrogen (secondary N) is 1. The van der Waals surface area contributed by atoms with Crippen molar-refractivity contribution in [2.75, 3.05) is 13.7 Å². The van der Waals surface area contributed by atoms with E-state index < -0.39 is 46.8 Å². The molecule has 156 valence electrons. The Hall–Kier alpha value is -2.75. The van der Waals surface area contributed by atoms with Gasteiger partial charge in [0, 0.05) is 35.2 Å². The van der Waals surface area contributed by atoms with E-state index in [0.717, 1.165) is 26.8 Å². The quantitative estimate of drug-likeness (QED) is 0.783. The number of ether oxygens (including phenoxy) is 2. The first-order valence-corrected chi connectivity index (χ1v) is 8.61. The second-order valence-corrected chi connectivity index (χ2v) is 7.32. The summed E-state index contributed by atoms with van der Waals surface area (Å²) in [5.41, 5.74) is -5.30. The molecule has 6 nitrogen and oxygen atoms in total. The predicted octanol–water partition coefficient (Wildman–Crippen LogP) is 3.21. The zero-order valence-corrected chi connectivity index (χ0v) is 16.1. The largest absolute Gasteiger partial charge is 0.467 e. The molecular weight excluding hydrogens is 394 g/mol. The lowest BCUT2D eigenvalue weighted by Gasteiger charge is -2.43. The molecule has 1 amide bonds. The molecule has 1 unspecified atom stereocenters. The third-order valence-corrected chi connectivity index (χ3v) is 5.05. The molecule has 1 aliphatic rings. The van der Waals surface area contributed by atoms with Crippen molar-refractivity contribution in [1.82, 2.24) is 15.3 Å². The topological polar surface area (TPSA) is 73.3 Å². The number of carbonyl (C=O) groups excluding carboxylic acids is 1. The number of hydrogen-bond acceptors (Lipinski definition) is 5. The fourth-order valence-corrected chi connectivity index (χ4v) is 3.28. The maximum Gasteiger partial charge on any atom is 0.316 e. The average molecular weight is 413 g/mol. The molecule has 0 radical (unpaired) electrons. The molecule has 1 aliphatic heterocycles. The van der Waals surface area contributed by atoms with Gasteiger partial charge in [0.2, 0.25) is 5.91 Å². The zero-order chi connectivity index (χ0) is 21.6. The van der Waals surface area contributed by atoms with Gasteiger partial charge in [0.1, 0.15) is 29.4 Å². The van der Waals surface area contributed by atoms with Gasteiger partial charge in [-0.2, -0.15) is 0 Å². The monoisotopic (exact) mass is 413 g/mol.